The number of aromatic nitrogens is 1. The van der Waals surface area contributed by atoms with Crippen molar-refractivity contribution in [3.63, 3.8) is 0 Å². The molecule has 0 radical (unpaired) electrons. The van der Waals surface area contributed by atoms with Crippen LogP contribution in [0.4, 0.5) is 5.82 Å². The van der Waals surface area contributed by atoms with Crippen molar-refractivity contribution < 1.29 is 0 Å². The van der Waals surface area contributed by atoms with Gasteiger partial charge in [-0.05, 0) is 37.5 Å². The van der Waals surface area contributed by atoms with Crippen molar-refractivity contribution in [2.75, 3.05) is 11.9 Å². The van der Waals surface area contributed by atoms with Gasteiger partial charge in [0.1, 0.15) is 5.82 Å². The van der Waals surface area contributed by atoms with Crippen molar-refractivity contribution in [2.24, 2.45) is 5.92 Å². The summed E-state index contributed by atoms with van der Waals surface area (Å²) in [6, 6.07) is 4.57. The van der Waals surface area contributed by atoms with E-state index < -0.39 is 0 Å². The molecule has 16 heavy (non-hydrogen) atoms. The van der Waals surface area contributed by atoms with Crippen molar-refractivity contribution in [1.82, 2.24) is 4.98 Å². The van der Waals surface area contributed by atoms with Gasteiger partial charge in [-0.3, -0.25) is 0 Å². The monoisotopic (exact) mass is 240 g/mol. The molecule has 0 saturated heterocycles. The zero-order valence-electron chi connectivity index (χ0n) is 10.8. The third-order valence-corrected chi connectivity index (χ3v) is 3.40. The number of rotatable bonds is 4. The van der Waals surface area contributed by atoms with Gasteiger partial charge in [0.2, 0.25) is 0 Å². The Bertz CT molecular complexity index is 350. The highest BCUT2D eigenvalue weighted by Crippen LogP contribution is 2.20. The van der Waals surface area contributed by atoms with Gasteiger partial charge in [-0.15, -0.1) is 11.6 Å². The zero-order chi connectivity index (χ0) is 12.3. The lowest BCUT2D eigenvalue weighted by Crippen LogP contribution is -2.33. The summed E-state index contributed by atoms with van der Waals surface area (Å²) in [5.41, 5.74) is 2.16. The van der Waals surface area contributed by atoms with E-state index in [-0.39, 0.29) is 0 Å². The van der Waals surface area contributed by atoms with Gasteiger partial charge in [0.15, 0.2) is 0 Å². The van der Waals surface area contributed by atoms with Crippen LogP contribution in [0.15, 0.2) is 12.1 Å². The summed E-state index contributed by atoms with van der Waals surface area (Å²) in [6.45, 7) is 8.67. The molecule has 1 aromatic heterocycles. The van der Waals surface area contributed by atoms with Gasteiger partial charge in [0.25, 0.3) is 0 Å². The number of alkyl halides is 1. The van der Waals surface area contributed by atoms with Crippen LogP contribution in [0.5, 0.6) is 0 Å². The topological polar surface area (TPSA) is 16.1 Å². The molecule has 0 aliphatic rings. The SMILES string of the molecule is Cc1cc(CCl)cc(N(C)C(C)C(C)C)n1. The van der Waals surface area contributed by atoms with E-state index in [0.29, 0.717) is 17.8 Å². The van der Waals surface area contributed by atoms with E-state index in [2.05, 4.69) is 43.8 Å². The molecular weight excluding hydrogens is 220 g/mol. The zero-order valence-corrected chi connectivity index (χ0v) is 11.5. The Morgan fingerprint density at radius 3 is 2.44 bits per heavy atom. The molecule has 0 aliphatic heterocycles. The predicted octanol–water partition coefficient (Wildman–Crippen LogP) is 3.61. The number of aryl methyl sites for hydroxylation is 1. The second-order valence-electron chi connectivity index (χ2n) is 4.70. The molecule has 1 atom stereocenters. The Morgan fingerprint density at radius 1 is 1.31 bits per heavy atom. The first-order valence-corrected chi connectivity index (χ1v) is 6.25. The lowest BCUT2D eigenvalue weighted by molar-refractivity contribution is 0.502. The Labute approximate surface area is 104 Å². The molecule has 0 bridgehead atoms. The first-order valence-electron chi connectivity index (χ1n) is 5.72. The number of halogens is 1. The summed E-state index contributed by atoms with van der Waals surface area (Å²) in [4.78, 5) is 6.77. The highest BCUT2D eigenvalue weighted by Gasteiger charge is 2.15. The molecule has 1 aromatic rings. The van der Waals surface area contributed by atoms with Crippen LogP contribution in [0.1, 0.15) is 32.0 Å². The van der Waals surface area contributed by atoms with Gasteiger partial charge in [-0.25, -0.2) is 4.98 Å². The highest BCUT2D eigenvalue weighted by molar-refractivity contribution is 6.17. The van der Waals surface area contributed by atoms with Crippen LogP contribution in [0.25, 0.3) is 0 Å². The molecule has 1 heterocycles. The number of nitrogens with zero attached hydrogens (tertiary/aromatic N) is 2. The Morgan fingerprint density at radius 2 is 1.94 bits per heavy atom. The van der Waals surface area contributed by atoms with Crippen molar-refractivity contribution >= 4 is 17.4 Å². The largest absolute Gasteiger partial charge is 0.357 e. The quantitative estimate of drug-likeness (QED) is 0.748. The van der Waals surface area contributed by atoms with E-state index in [1.165, 1.54) is 0 Å². The second kappa shape index (κ2) is 5.53. The summed E-state index contributed by atoms with van der Waals surface area (Å²) in [7, 11) is 2.09. The molecule has 90 valence electrons. The van der Waals surface area contributed by atoms with Gasteiger partial charge in [-0.2, -0.15) is 0 Å². The van der Waals surface area contributed by atoms with Crippen molar-refractivity contribution in [1.29, 1.82) is 0 Å². The average Bonchev–Trinajstić information content (AvgIpc) is 2.25. The summed E-state index contributed by atoms with van der Waals surface area (Å²) in [6.07, 6.45) is 0. The predicted molar refractivity (Wildman–Crippen MR) is 71.2 cm³/mol. The molecule has 0 fully saturated rings. The Hall–Kier alpha value is -0.760. The van der Waals surface area contributed by atoms with Crippen molar-refractivity contribution in [3.8, 4) is 0 Å². The van der Waals surface area contributed by atoms with E-state index in [0.717, 1.165) is 17.1 Å². The highest BCUT2D eigenvalue weighted by atomic mass is 35.5. The third kappa shape index (κ3) is 3.11. The molecule has 0 amide bonds. The third-order valence-electron chi connectivity index (χ3n) is 3.09. The average molecular weight is 241 g/mol. The van der Waals surface area contributed by atoms with Crippen molar-refractivity contribution in [2.45, 2.75) is 39.6 Å². The number of pyridine rings is 1. The van der Waals surface area contributed by atoms with Crippen LogP contribution in [-0.4, -0.2) is 18.1 Å². The minimum atomic E-state index is 0.470. The fraction of sp³-hybridized carbons (Fsp3) is 0.615. The van der Waals surface area contributed by atoms with Crippen LogP contribution in [0, 0.1) is 12.8 Å². The minimum absolute atomic E-state index is 0.470. The second-order valence-corrected chi connectivity index (χ2v) is 4.97. The van der Waals surface area contributed by atoms with Crippen LogP contribution in [0.3, 0.4) is 0 Å². The van der Waals surface area contributed by atoms with E-state index in [1.54, 1.807) is 0 Å². The number of hydrogen-bond acceptors (Lipinski definition) is 2. The lowest BCUT2D eigenvalue weighted by atomic mass is 10.1. The minimum Gasteiger partial charge on any atom is -0.357 e. The molecule has 0 saturated carbocycles. The summed E-state index contributed by atoms with van der Waals surface area (Å²) >= 11 is 5.87. The number of hydrogen-bond donors (Lipinski definition) is 0. The Kier molecular flexibility index (Phi) is 4.60. The van der Waals surface area contributed by atoms with Crippen LogP contribution >= 0.6 is 11.6 Å². The maximum atomic E-state index is 5.87. The fourth-order valence-corrected chi connectivity index (χ4v) is 1.79. The number of anilines is 1. The molecule has 2 nitrogen and oxygen atoms in total. The van der Waals surface area contributed by atoms with E-state index in [9.17, 15) is 0 Å². The maximum Gasteiger partial charge on any atom is 0.129 e. The summed E-state index contributed by atoms with van der Waals surface area (Å²) in [5.74, 6) is 2.16. The van der Waals surface area contributed by atoms with Gasteiger partial charge in [0.05, 0.1) is 0 Å². The first kappa shape index (κ1) is 13.3. The van der Waals surface area contributed by atoms with E-state index in [1.807, 2.05) is 13.0 Å². The molecule has 3 heteroatoms. The fourth-order valence-electron chi connectivity index (χ4n) is 1.63. The smallest absolute Gasteiger partial charge is 0.129 e. The van der Waals surface area contributed by atoms with Gasteiger partial charge < -0.3 is 4.90 Å². The molecule has 0 N–H and O–H groups in total. The van der Waals surface area contributed by atoms with E-state index in [4.69, 9.17) is 11.6 Å². The van der Waals surface area contributed by atoms with Crippen LogP contribution < -0.4 is 4.90 Å². The molecule has 0 aliphatic carbocycles. The van der Waals surface area contributed by atoms with Gasteiger partial charge in [0, 0.05) is 24.7 Å². The van der Waals surface area contributed by atoms with Gasteiger partial charge in [-0.1, -0.05) is 13.8 Å². The van der Waals surface area contributed by atoms with Gasteiger partial charge >= 0.3 is 0 Å². The molecule has 0 aromatic carbocycles. The molecule has 1 unspecified atom stereocenters. The van der Waals surface area contributed by atoms with Crippen LogP contribution in [-0.2, 0) is 5.88 Å². The maximum absolute atomic E-state index is 5.87. The van der Waals surface area contributed by atoms with Crippen LogP contribution in [0.2, 0.25) is 0 Å². The summed E-state index contributed by atoms with van der Waals surface area (Å²) in [5, 5.41) is 0. The Balaban J connectivity index is 2.98. The molecule has 0 spiro atoms. The van der Waals surface area contributed by atoms with E-state index >= 15 is 0 Å². The molecular formula is C13H21ClN2. The molecule has 1 rings (SSSR count). The summed E-state index contributed by atoms with van der Waals surface area (Å²) < 4.78 is 0. The first-order chi connectivity index (χ1) is 7.45. The standard InChI is InChI=1S/C13H21ClN2/c1-9(2)11(4)16(5)13-7-12(8-14)6-10(3)15-13/h6-7,9,11H,8H2,1-5H3. The van der Waals surface area contributed by atoms with Crippen molar-refractivity contribution in [3.05, 3.63) is 23.4 Å². The normalized spacial score (nSPS) is 12.9. The lowest BCUT2D eigenvalue weighted by Gasteiger charge is -2.29.